The average Bonchev–Trinajstić information content (AvgIpc) is 3.53. The van der Waals surface area contributed by atoms with Crippen LogP contribution in [-0.4, -0.2) is 46.0 Å². The van der Waals surface area contributed by atoms with E-state index in [2.05, 4.69) is 40.4 Å². The van der Waals surface area contributed by atoms with Gasteiger partial charge in [0, 0.05) is 41.0 Å². The molecular weight excluding hydrogens is 454 g/mol. The highest BCUT2D eigenvalue weighted by Crippen LogP contribution is 2.31. The van der Waals surface area contributed by atoms with Crippen molar-refractivity contribution in [2.45, 2.75) is 13.8 Å². The molecule has 0 fully saturated rings. The Kier molecular flexibility index (Phi) is 5.18. The number of nitrogens with zero attached hydrogens (tertiary/aromatic N) is 6. The number of H-pyrrole nitrogens is 2. The van der Waals surface area contributed by atoms with Gasteiger partial charge in [0.05, 0.1) is 46.7 Å². The van der Waals surface area contributed by atoms with E-state index in [1.807, 2.05) is 44.2 Å². The third-order valence-electron chi connectivity index (χ3n) is 5.83. The number of carbonyl (C=O) groups excluding carboxylic acids is 1. The Morgan fingerprint density at radius 2 is 1.83 bits per heavy atom. The minimum atomic E-state index is -0.131. The van der Waals surface area contributed by atoms with Crippen LogP contribution >= 0.6 is 0 Å². The second-order valence-corrected chi connectivity index (χ2v) is 8.68. The summed E-state index contributed by atoms with van der Waals surface area (Å²) < 4.78 is 0. The molecule has 36 heavy (non-hydrogen) atoms. The maximum Gasteiger partial charge on any atom is 0.226 e. The van der Waals surface area contributed by atoms with Crippen LogP contribution in [0.4, 0.5) is 5.69 Å². The zero-order chi connectivity index (χ0) is 24.6. The number of carbonyl (C=O) groups is 1. The normalized spacial score (nSPS) is 11.4. The lowest BCUT2D eigenvalue weighted by Gasteiger charge is -2.08. The molecule has 0 saturated carbocycles. The summed E-state index contributed by atoms with van der Waals surface area (Å²) in [4.78, 5) is 37.9. The van der Waals surface area contributed by atoms with Crippen LogP contribution in [0.2, 0.25) is 0 Å². The fraction of sp³-hybridized carbons (Fsp3) is 0.115. The van der Waals surface area contributed by atoms with Gasteiger partial charge in [0.25, 0.3) is 0 Å². The maximum absolute atomic E-state index is 12.1. The molecule has 0 bridgehead atoms. The monoisotopic (exact) mass is 475 g/mol. The molecule has 6 aromatic heterocycles. The highest BCUT2D eigenvalue weighted by atomic mass is 16.1. The molecule has 1 amide bonds. The molecule has 6 rings (SSSR count). The number of anilines is 1. The van der Waals surface area contributed by atoms with Crippen LogP contribution in [0.5, 0.6) is 0 Å². The number of pyridine rings is 4. The van der Waals surface area contributed by atoms with Gasteiger partial charge in [-0.2, -0.15) is 5.10 Å². The summed E-state index contributed by atoms with van der Waals surface area (Å²) in [5.41, 5.74) is 6.71. The third kappa shape index (κ3) is 3.84. The molecule has 6 aromatic rings. The molecule has 0 radical (unpaired) electrons. The molecule has 176 valence electrons. The number of imidazole rings is 1. The number of hydrogen-bond donors (Lipinski definition) is 3. The van der Waals surface area contributed by atoms with Crippen molar-refractivity contribution in [3.63, 3.8) is 0 Å². The lowest BCUT2D eigenvalue weighted by molar-refractivity contribution is -0.118. The molecule has 0 spiro atoms. The summed E-state index contributed by atoms with van der Waals surface area (Å²) in [6.07, 6.45) is 10.3. The molecule has 6 heterocycles. The van der Waals surface area contributed by atoms with E-state index in [9.17, 15) is 4.79 Å². The van der Waals surface area contributed by atoms with Gasteiger partial charge in [-0.3, -0.25) is 29.8 Å². The largest absolute Gasteiger partial charge is 0.335 e. The van der Waals surface area contributed by atoms with E-state index in [1.54, 1.807) is 37.2 Å². The van der Waals surface area contributed by atoms with Gasteiger partial charge in [-0.1, -0.05) is 19.9 Å². The summed E-state index contributed by atoms with van der Waals surface area (Å²) in [7, 11) is 0. The second kappa shape index (κ2) is 8.66. The van der Waals surface area contributed by atoms with Crippen molar-refractivity contribution in [1.29, 1.82) is 0 Å². The van der Waals surface area contributed by atoms with Crippen LogP contribution < -0.4 is 5.32 Å². The number of hydrogen-bond acceptors (Lipinski definition) is 7. The van der Waals surface area contributed by atoms with Gasteiger partial charge < -0.3 is 10.3 Å². The quantitative estimate of drug-likeness (QED) is 0.331. The first-order chi connectivity index (χ1) is 17.6. The Bertz CT molecular complexity index is 1720. The number of aromatic amines is 2. The Morgan fingerprint density at radius 1 is 0.944 bits per heavy atom. The molecule has 10 heteroatoms. The van der Waals surface area contributed by atoms with Gasteiger partial charge in [-0.25, -0.2) is 4.98 Å². The topological polar surface area (TPSA) is 138 Å². The average molecular weight is 476 g/mol. The SMILES string of the molecule is CC(C)C(=O)Nc1cncc(-c2cc3c(-c4nc5c(-c6ccccn6)cncc5[nH]4)n[nH]c3cn2)c1. The van der Waals surface area contributed by atoms with Gasteiger partial charge in [-0.15, -0.1) is 0 Å². The zero-order valence-corrected chi connectivity index (χ0v) is 19.5. The number of aromatic nitrogens is 8. The molecule has 0 aromatic carbocycles. The van der Waals surface area contributed by atoms with Crippen molar-refractivity contribution in [2.24, 2.45) is 5.92 Å². The highest BCUT2D eigenvalue weighted by molar-refractivity contribution is 5.97. The Morgan fingerprint density at radius 3 is 2.67 bits per heavy atom. The zero-order valence-electron chi connectivity index (χ0n) is 19.5. The van der Waals surface area contributed by atoms with Gasteiger partial charge in [0.15, 0.2) is 5.82 Å². The van der Waals surface area contributed by atoms with Gasteiger partial charge in [-0.05, 0) is 24.3 Å². The van der Waals surface area contributed by atoms with E-state index >= 15 is 0 Å². The lowest BCUT2D eigenvalue weighted by Crippen LogP contribution is -2.17. The second-order valence-electron chi connectivity index (χ2n) is 8.68. The van der Waals surface area contributed by atoms with Crippen molar-refractivity contribution < 1.29 is 4.79 Å². The van der Waals surface area contributed by atoms with Crippen molar-refractivity contribution in [2.75, 3.05) is 5.32 Å². The van der Waals surface area contributed by atoms with Crippen molar-refractivity contribution in [3.8, 4) is 34.0 Å². The fourth-order valence-electron chi connectivity index (χ4n) is 3.94. The first-order valence-corrected chi connectivity index (χ1v) is 11.4. The summed E-state index contributed by atoms with van der Waals surface area (Å²) in [5, 5.41) is 11.3. The van der Waals surface area contributed by atoms with E-state index in [0.29, 0.717) is 22.9 Å². The summed E-state index contributed by atoms with van der Waals surface area (Å²) in [5.74, 6) is 0.405. The van der Waals surface area contributed by atoms with E-state index in [-0.39, 0.29) is 11.8 Å². The molecule has 0 saturated heterocycles. The van der Waals surface area contributed by atoms with Crippen LogP contribution in [-0.2, 0) is 4.79 Å². The molecule has 0 unspecified atom stereocenters. The highest BCUT2D eigenvalue weighted by Gasteiger charge is 2.17. The van der Waals surface area contributed by atoms with E-state index in [1.165, 1.54) is 0 Å². The van der Waals surface area contributed by atoms with E-state index in [4.69, 9.17) is 4.98 Å². The molecule has 10 nitrogen and oxygen atoms in total. The van der Waals surface area contributed by atoms with Gasteiger partial charge in [0.2, 0.25) is 5.91 Å². The van der Waals surface area contributed by atoms with Crippen molar-refractivity contribution in [1.82, 2.24) is 40.1 Å². The molecular formula is C26H21N9O. The van der Waals surface area contributed by atoms with Crippen LogP contribution in [0.3, 0.4) is 0 Å². The van der Waals surface area contributed by atoms with Crippen LogP contribution in [0.25, 0.3) is 56.0 Å². The minimum absolute atomic E-state index is 0.0704. The molecule has 0 atom stereocenters. The smallest absolute Gasteiger partial charge is 0.226 e. The number of nitrogens with one attached hydrogen (secondary N) is 3. The van der Waals surface area contributed by atoms with Crippen LogP contribution in [0.1, 0.15) is 13.8 Å². The minimum Gasteiger partial charge on any atom is -0.335 e. The van der Waals surface area contributed by atoms with Crippen molar-refractivity contribution in [3.05, 3.63) is 67.5 Å². The van der Waals surface area contributed by atoms with Crippen LogP contribution in [0.15, 0.2) is 67.5 Å². The molecule has 3 N–H and O–H groups in total. The van der Waals surface area contributed by atoms with Crippen molar-refractivity contribution >= 4 is 33.5 Å². The summed E-state index contributed by atoms with van der Waals surface area (Å²) in [6, 6.07) is 9.52. The fourth-order valence-corrected chi connectivity index (χ4v) is 3.94. The first-order valence-electron chi connectivity index (χ1n) is 11.4. The van der Waals surface area contributed by atoms with Crippen LogP contribution in [0, 0.1) is 5.92 Å². The van der Waals surface area contributed by atoms with Gasteiger partial charge >= 0.3 is 0 Å². The molecule has 0 aliphatic rings. The van der Waals surface area contributed by atoms with E-state index < -0.39 is 0 Å². The maximum atomic E-state index is 12.1. The predicted molar refractivity (Wildman–Crippen MR) is 137 cm³/mol. The van der Waals surface area contributed by atoms with E-state index in [0.717, 1.165) is 38.8 Å². The number of fused-ring (bicyclic) bond motifs is 2. The lowest BCUT2D eigenvalue weighted by atomic mass is 10.1. The Balaban J connectivity index is 1.41. The predicted octanol–water partition coefficient (Wildman–Crippen LogP) is 4.61. The summed E-state index contributed by atoms with van der Waals surface area (Å²) >= 11 is 0. The number of rotatable bonds is 5. The third-order valence-corrected chi connectivity index (χ3v) is 5.83. The summed E-state index contributed by atoms with van der Waals surface area (Å²) in [6.45, 7) is 3.69. The first kappa shape index (κ1) is 21.5. The standard InChI is InChI=1S/C26H21N9O/c1-14(2)26(36)31-16-7-15(9-27-10-16)20-8-17-21(13-30-20)34-35-24(17)25-32-22-12-28-11-18(23(22)33-25)19-5-3-4-6-29-19/h3-14H,1-2H3,(H,31,36)(H,32,33)(H,34,35). The van der Waals surface area contributed by atoms with Gasteiger partial charge in [0.1, 0.15) is 11.2 Å². The molecule has 0 aliphatic carbocycles. The number of amides is 1. The molecule has 0 aliphatic heterocycles. The Labute approximate surface area is 205 Å². The Hall–Kier alpha value is -4.99.